The maximum Gasteiger partial charge on any atom is 0.153 e. The van der Waals surface area contributed by atoms with Crippen LogP contribution in [-0.4, -0.2) is 32.1 Å². The molecule has 6 nitrogen and oxygen atoms in total. The zero-order valence-electron chi connectivity index (χ0n) is 20.3. The second-order valence-electron chi connectivity index (χ2n) is 8.82. The van der Waals surface area contributed by atoms with Crippen molar-refractivity contribution in [2.75, 3.05) is 0 Å². The molecule has 2 aromatic heterocycles. The lowest BCUT2D eigenvalue weighted by atomic mass is 9.99. The first-order chi connectivity index (χ1) is 18.7. The predicted molar refractivity (Wildman–Crippen MR) is 148 cm³/mol. The molecular formula is C32H22N4O2. The number of rotatable bonds is 7. The molecule has 38 heavy (non-hydrogen) atoms. The van der Waals surface area contributed by atoms with Gasteiger partial charge >= 0.3 is 0 Å². The maximum atomic E-state index is 11.7. The molecule has 6 rings (SSSR count). The van der Waals surface area contributed by atoms with Crippen molar-refractivity contribution >= 4 is 12.6 Å². The van der Waals surface area contributed by atoms with Gasteiger partial charge in [-0.15, -0.1) is 0 Å². The Morgan fingerprint density at radius 2 is 0.789 bits per heavy atom. The molecule has 0 saturated heterocycles. The number of hydrogen-bond acceptors (Lipinski definition) is 4. The second-order valence-corrected chi connectivity index (χ2v) is 8.82. The van der Waals surface area contributed by atoms with Gasteiger partial charge in [0.2, 0.25) is 0 Å². The van der Waals surface area contributed by atoms with Crippen LogP contribution < -0.4 is 0 Å². The number of aldehydes is 2. The van der Waals surface area contributed by atoms with E-state index in [0.29, 0.717) is 22.5 Å². The molecule has 0 N–H and O–H groups in total. The molecule has 4 aromatic carbocycles. The third kappa shape index (κ3) is 4.35. The first-order valence-corrected chi connectivity index (χ1v) is 12.2. The summed E-state index contributed by atoms with van der Waals surface area (Å²) in [6.45, 7) is 0. The van der Waals surface area contributed by atoms with Crippen molar-refractivity contribution < 1.29 is 9.59 Å². The fraction of sp³-hybridized carbons (Fsp3) is 0. The van der Waals surface area contributed by atoms with E-state index < -0.39 is 0 Å². The number of carbonyl (C=O) groups excluding carboxylic acids is 2. The van der Waals surface area contributed by atoms with Gasteiger partial charge in [0, 0.05) is 23.5 Å². The molecule has 0 unspecified atom stereocenters. The van der Waals surface area contributed by atoms with Crippen molar-refractivity contribution in [3.63, 3.8) is 0 Å². The first kappa shape index (κ1) is 23.1. The van der Waals surface area contributed by atoms with Crippen LogP contribution in [0, 0.1) is 0 Å². The van der Waals surface area contributed by atoms with Gasteiger partial charge in [0.25, 0.3) is 0 Å². The third-order valence-corrected chi connectivity index (χ3v) is 6.43. The van der Waals surface area contributed by atoms with Gasteiger partial charge in [-0.3, -0.25) is 9.59 Å². The lowest BCUT2D eigenvalue weighted by molar-refractivity contribution is 0.111. The minimum absolute atomic E-state index is 0.534. The van der Waals surface area contributed by atoms with Gasteiger partial charge in [-0.1, -0.05) is 84.9 Å². The molecule has 2 heterocycles. The van der Waals surface area contributed by atoms with Crippen LogP contribution in [0.5, 0.6) is 0 Å². The molecule has 0 aliphatic heterocycles. The molecule has 0 bridgehead atoms. The van der Waals surface area contributed by atoms with Gasteiger partial charge in [0.1, 0.15) is 11.4 Å². The minimum atomic E-state index is 0.534. The summed E-state index contributed by atoms with van der Waals surface area (Å²) in [5.41, 5.74) is 7.92. The highest BCUT2D eigenvalue weighted by Gasteiger charge is 2.14. The highest BCUT2D eigenvalue weighted by Crippen LogP contribution is 2.29. The predicted octanol–water partition coefficient (Wildman–Crippen LogP) is 6.68. The molecule has 0 fully saturated rings. The van der Waals surface area contributed by atoms with Crippen molar-refractivity contribution in [3.05, 3.63) is 133 Å². The molecule has 6 heteroatoms. The molecule has 182 valence electrons. The summed E-state index contributed by atoms with van der Waals surface area (Å²) in [5.74, 6) is 0. The van der Waals surface area contributed by atoms with Crippen LogP contribution in [0.15, 0.2) is 122 Å². The average Bonchev–Trinajstić information content (AvgIpc) is 3.63. The highest BCUT2D eigenvalue weighted by atomic mass is 16.1. The zero-order chi connectivity index (χ0) is 25.9. The molecule has 0 amide bonds. The van der Waals surface area contributed by atoms with E-state index in [9.17, 15) is 9.59 Å². The summed E-state index contributed by atoms with van der Waals surface area (Å²) in [6, 6.07) is 35.4. The summed E-state index contributed by atoms with van der Waals surface area (Å²) in [4.78, 5) is 23.5. The van der Waals surface area contributed by atoms with E-state index in [0.717, 1.165) is 46.2 Å². The number of hydrogen-bond donors (Lipinski definition) is 0. The van der Waals surface area contributed by atoms with E-state index in [1.165, 1.54) is 0 Å². The molecule has 6 aromatic rings. The van der Waals surface area contributed by atoms with Crippen molar-refractivity contribution in [2.45, 2.75) is 0 Å². The van der Waals surface area contributed by atoms with Gasteiger partial charge < -0.3 is 0 Å². The smallest absolute Gasteiger partial charge is 0.153 e. The van der Waals surface area contributed by atoms with Gasteiger partial charge in [0.05, 0.1) is 22.5 Å². The Kier molecular flexibility index (Phi) is 6.04. The highest BCUT2D eigenvalue weighted by molar-refractivity contribution is 5.87. The van der Waals surface area contributed by atoms with Crippen LogP contribution in [0.1, 0.15) is 20.7 Å². The SMILES string of the molecule is O=Cc1cn(-c2ccccc2)nc1-c1ccc(-c2ccc(-c3nn(-c4ccccc4)cc3C=O)cc2)cc1. The molecule has 0 atom stereocenters. The summed E-state index contributed by atoms with van der Waals surface area (Å²) in [7, 11) is 0. The zero-order valence-corrected chi connectivity index (χ0v) is 20.3. The van der Waals surface area contributed by atoms with Gasteiger partial charge in [0.15, 0.2) is 12.6 Å². The number of aromatic nitrogens is 4. The average molecular weight is 495 g/mol. The van der Waals surface area contributed by atoms with E-state index in [1.807, 2.05) is 109 Å². The summed E-state index contributed by atoms with van der Waals surface area (Å²) < 4.78 is 3.44. The Labute approximate surface area is 219 Å². The Morgan fingerprint density at radius 1 is 0.447 bits per heavy atom. The minimum Gasteiger partial charge on any atom is -0.298 e. The Morgan fingerprint density at radius 3 is 1.13 bits per heavy atom. The number of para-hydroxylation sites is 2. The lowest BCUT2D eigenvalue weighted by Crippen LogP contribution is -1.94. The van der Waals surface area contributed by atoms with Crippen LogP contribution in [0.2, 0.25) is 0 Å². The summed E-state index contributed by atoms with van der Waals surface area (Å²) >= 11 is 0. The van der Waals surface area contributed by atoms with Crippen LogP contribution in [0.3, 0.4) is 0 Å². The lowest BCUT2D eigenvalue weighted by Gasteiger charge is -2.06. The number of carbonyl (C=O) groups is 2. The van der Waals surface area contributed by atoms with E-state index in [1.54, 1.807) is 21.8 Å². The maximum absolute atomic E-state index is 11.7. The van der Waals surface area contributed by atoms with E-state index >= 15 is 0 Å². The van der Waals surface area contributed by atoms with Crippen molar-refractivity contribution in [2.24, 2.45) is 0 Å². The van der Waals surface area contributed by atoms with Crippen molar-refractivity contribution in [1.29, 1.82) is 0 Å². The Balaban J connectivity index is 1.27. The molecule has 0 aliphatic rings. The van der Waals surface area contributed by atoms with Gasteiger partial charge in [-0.05, 0) is 35.4 Å². The van der Waals surface area contributed by atoms with Crippen LogP contribution >= 0.6 is 0 Å². The topological polar surface area (TPSA) is 69.8 Å². The standard InChI is InChI=1S/C32H22N4O2/c37-21-27-19-35(29-7-3-1-4-8-29)33-31(27)25-15-11-23(12-16-25)24-13-17-26(18-14-24)32-28(22-38)20-36(34-32)30-9-5-2-6-10-30/h1-22H. The van der Waals surface area contributed by atoms with Crippen LogP contribution in [-0.2, 0) is 0 Å². The largest absolute Gasteiger partial charge is 0.298 e. The monoisotopic (exact) mass is 494 g/mol. The van der Waals surface area contributed by atoms with E-state index in [4.69, 9.17) is 0 Å². The van der Waals surface area contributed by atoms with E-state index in [-0.39, 0.29) is 0 Å². The van der Waals surface area contributed by atoms with E-state index in [2.05, 4.69) is 10.2 Å². The van der Waals surface area contributed by atoms with Gasteiger partial charge in [-0.2, -0.15) is 10.2 Å². The molecular weight excluding hydrogens is 472 g/mol. The normalized spacial score (nSPS) is 10.8. The van der Waals surface area contributed by atoms with Crippen LogP contribution in [0.4, 0.5) is 0 Å². The Hall–Kier alpha value is -5.36. The Bertz CT molecular complexity index is 1590. The van der Waals surface area contributed by atoms with Crippen molar-refractivity contribution in [1.82, 2.24) is 19.6 Å². The third-order valence-electron chi connectivity index (χ3n) is 6.43. The molecule has 0 radical (unpaired) electrons. The van der Waals surface area contributed by atoms with Gasteiger partial charge in [-0.25, -0.2) is 9.36 Å². The van der Waals surface area contributed by atoms with Crippen LogP contribution in [0.25, 0.3) is 45.0 Å². The summed E-state index contributed by atoms with van der Waals surface area (Å²) in [6.07, 6.45) is 5.16. The first-order valence-electron chi connectivity index (χ1n) is 12.2. The fourth-order valence-corrected chi connectivity index (χ4v) is 4.46. The molecule has 0 aliphatic carbocycles. The quantitative estimate of drug-likeness (QED) is 0.232. The summed E-state index contributed by atoms with van der Waals surface area (Å²) in [5, 5.41) is 9.31. The number of nitrogens with zero attached hydrogens (tertiary/aromatic N) is 4. The van der Waals surface area contributed by atoms with Crippen molar-refractivity contribution in [3.8, 4) is 45.0 Å². The fourth-order valence-electron chi connectivity index (χ4n) is 4.46. The number of benzene rings is 4. The molecule has 0 spiro atoms. The molecule has 0 saturated carbocycles. The second kappa shape index (κ2) is 9.95.